The van der Waals surface area contributed by atoms with E-state index in [0.29, 0.717) is 5.47 Å². The molecule has 2 rings (SSSR count). The Hall–Kier alpha value is -0.325. The molecule has 1 N–H and O–H groups in total. The number of halogens is 1. The van der Waals surface area contributed by atoms with Gasteiger partial charge in [0.1, 0.15) is 0 Å². The summed E-state index contributed by atoms with van der Waals surface area (Å²) in [6.45, 7) is 7.86. The number of rotatable bonds is 3. The molecule has 0 radical (unpaired) electrons. The van der Waals surface area contributed by atoms with E-state index in [-0.39, 0.29) is 6.61 Å². The summed E-state index contributed by atoms with van der Waals surface area (Å²) in [5.74, 6) is 0. The van der Waals surface area contributed by atoms with Crippen LogP contribution in [0.3, 0.4) is 0 Å². The van der Waals surface area contributed by atoms with Crippen LogP contribution in [-0.2, 0) is 9.31 Å². The molecule has 0 atom stereocenters. The van der Waals surface area contributed by atoms with Crippen LogP contribution in [0.2, 0.25) is 4.34 Å². The molecule has 0 spiro atoms. The molecule has 1 fully saturated rings. The third-order valence-electron chi connectivity index (χ3n) is 3.66. The molecular formula is C13H18BClO3S. The number of thiophene rings is 1. The van der Waals surface area contributed by atoms with Crippen LogP contribution >= 0.6 is 22.9 Å². The van der Waals surface area contributed by atoms with Crippen molar-refractivity contribution in [1.29, 1.82) is 0 Å². The molecule has 1 aliphatic rings. The Morgan fingerprint density at radius 1 is 1.32 bits per heavy atom. The van der Waals surface area contributed by atoms with Crippen LogP contribution in [0, 0.1) is 0 Å². The molecule has 0 unspecified atom stereocenters. The van der Waals surface area contributed by atoms with Crippen molar-refractivity contribution < 1.29 is 14.4 Å². The number of aliphatic hydroxyl groups is 1. The van der Waals surface area contributed by atoms with Crippen LogP contribution in [-0.4, -0.2) is 30.0 Å². The average molecular weight is 301 g/mol. The summed E-state index contributed by atoms with van der Waals surface area (Å²) < 4.78 is 12.6. The topological polar surface area (TPSA) is 38.7 Å². The van der Waals surface area contributed by atoms with Crippen LogP contribution in [0.1, 0.15) is 32.6 Å². The highest BCUT2D eigenvalue weighted by Crippen LogP contribution is 2.39. The zero-order valence-corrected chi connectivity index (χ0v) is 13.1. The van der Waals surface area contributed by atoms with Crippen molar-refractivity contribution in [2.75, 3.05) is 6.61 Å². The average Bonchev–Trinajstić information content (AvgIpc) is 2.78. The Balaban J connectivity index is 2.23. The van der Waals surface area contributed by atoms with Gasteiger partial charge in [0.25, 0.3) is 0 Å². The van der Waals surface area contributed by atoms with Gasteiger partial charge in [-0.1, -0.05) is 11.6 Å². The van der Waals surface area contributed by atoms with Crippen molar-refractivity contribution in [1.82, 2.24) is 0 Å². The minimum absolute atomic E-state index is 0.105. The van der Waals surface area contributed by atoms with Crippen LogP contribution < -0.4 is 0 Å². The van der Waals surface area contributed by atoms with Gasteiger partial charge in [-0.15, -0.1) is 11.3 Å². The largest absolute Gasteiger partial charge is 0.492 e. The number of aliphatic hydroxyl groups excluding tert-OH is 1. The van der Waals surface area contributed by atoms with E-state index >= 15 is 0 Å². The Morgan fingerprint density at radius 2 is 1.89 bits per heavy atom. The first-order chi connectivity index (χ1) is 8.75. The van der Waals surface area contributed by atoms with Gasteiger partial charge in [0.15, 0.2) is 0 Å². The fourth-order valence-corrected chi connectivity index (χ4v) is 2.81. The summed E-state index contributed by atoms with van der Waals surface area (Å²) in [6.07, 6.45) is 1.87. The van der Waals surface area contributed by atoms with E-state index in [1.165, 1.54) is 11.3 Å². The van der Waals surface area contributed by atoms with E-state index in [1.807, 2.05) is 45.9 Å². The standard InChI is InChI=1S/C13H18BClO3S/c1-12(2)13(3,4)18-14(17-12)9(8-16)7-10-5-6-11(15)19-10/h5-7,16H,8H2,1-4H3. The van der Waals surface area contributed by atoms with E-state index in [9.17, 15) is 5.11 Å². The highest BCUT2D eigenvalue weighted by Gasteiger charge is 2.52. The van der Waals surface area contributed by atoms with Crippen molar-refractivity contribution >= 4 is 36.1 Å². The van der Waals surface area contributed by atoms with Crippen molar-refractivity contribution in [3.8, 4) is 0 Å². The smallest absolute Gasteiger partial charge is 0.400 e. The third-order valence-corrected chi connectivity index (χ3v) is 4.84. The zero-order valence-electron chi connectivity index (χ0n) is 11.6. The highest BCUT2D eigenvalue weighted by molar-refractivity contribution is 7.17. The lowest BCUT2D eigenvalue weighted by molar-refractivity contribution is 0.00578. The van der Waals surface area contributed by atoms with Crippen LogP contribution in [0.15, 0.2) is 17.6 Å². The second kappa shape index (κ2) is 5.22. The van der Waals surface area contributed by atoms with E-state index < -0.39 is 18.3 Å². The maximum atomic E-state index is 9.54. The van der Waals surface area contributed by atoms with Gasteiger partial charge in [0, 0.05) is 4.88 Å². The first kappa shape index (κ1) is 15.1. The molecule has 1 saturated heterocycles. The van der Waals surface area contributed by atoms with Crippen molar-refractivity contribution in [3.05, 3.63) is 26.8 Å². The van der Waals surface area contributed by atoms with Crippen LogP contribution in [0.4, 0.5) is 0 Å². The first-order valence-electron chi connectivity index (χ1n) is 6.17. The summed E-state index contributed by atoms with van der Waals surface area (Å²) in [5.41, 5.74) is -0.102. The summed E-state index contributed by atoms with van der Waals surface area (Å²) >= 11 is 7.36. The van der Waals surface area contributed by atoms with E-state index in [1.54, 1.807) is 0 Å². The van der Waals surface area contributed by atoms with Crippen molar-refractivity contribution in [2.24, 2.45) is 0 Å². The summed E-state index contributed by atoms with van der Waals surface area (Å²) in [6, 6.07) is 3.74. The quantitative estimate of drug-likeness (QED) is 0.870. The molecule has 1 aliphatic heterocycles. The number of hydrogen-bond donors (Lipinski definition) is 1. The lowest BCUT2D eigenvalue weighted by atomic mass is 9.78. The lowest BCUT2D eigenvalue weighted by Gasteiger charge is -2.32. The maximum absolute atomic E-state index is 9.54. The predicted octanol–water partition coefficient (Wildman–Crippen LogP) is 3.41. The molecule has 3 nitrogen and oxygen atoms in total. The molecule has 2 heterocycles. The Morgan fingerprint density at radius 3 is 2.32 bits per heavy atom. The van der Waals surface area contributed by atoms with E-state index in [4.69, 9.17) is 20.9 Å². The predicted molar refractivity (Wildman–Crippen MR) is 80.5 cm³/mol. The monoisotopic (exact) mass is 300 g/mol. The minimum Gasteiger partial charge on any atom is -0.400 e. The molecule has 0 bridgehead atoms. The molecule has 1 aromatic rings. The zero-order chi connectivity index (χ0) is 14.3. The second-order valence-corrected chi connectivity index (χ2v) is 7.35. The molecule has 6 heteroatoms. The second-order valence-electron chi connectivity index (χ2n) is 5.61. The molecule has 0 amide bonds. The first-order valence-corrected chi connectivity index (χ1v) is 7.37. The molecule has 0 aromatic carbocycles. The SMILES string of the molecule is CC1(C)OB(C(=Cc2ccc(Cl)s2)CO)OC1(C)C. The molecular weight excluding hydrogens is 282 g/mol. The summed E-state index contributed by atoms with van der Waals surface area (Å²) in [4.78, 5) is 0.976. The van der Waals surface area contributed by atoms with Crippen molar-refractivity contribution in [2.45, 2.75) is 38.9 Å². The molecule has 0 saturated carbocycles. The van der Waals surface area contributed by atoms with Gasteiger partial charge >= 0.3 is 7.12 Å². The number of hydrogen-bond acceptors (Lipinski definition) is 4. The van der Waals surface area contributed by atoms with Crippen LogP contribution in [0.25, 0.3) is 6.08 Å². The molecule has 1 aromatic heterocycles. The summed E-state index contributed by atoms with van der Waals surface area (Å²) in [7, 11) is -0.518. The van der Waals surface area contributed by atoms with E-state index in [0.717, 1.165) is 9.21 Å². The van der Waals surface area contributed by atoms with E-state index in [2.05, 4.69) is 0 Å². The van der Waals surface area contributed by atoms with Crippen molar-refractivity contribution in [3.63, 3.8) is 0 Å². The van der Waals surface area contributed by atoms with Gasteiger partial charge in [-0.2, -0.15) is 0 Å². The van der Waals surface area contributed by atoms with Gasteiger partial charge in [-0.25, -0.2) is 0 Å². The van der Waals surface area contributed by atoms with Gasteiger partial charge < -0.3 is 14.4 Å². The minimum atomic E-state index is -0.518. The van der Waals surface area contributed by atoms with Gasteiger partial charge in [-0.3, -0.25) is 0 Å². The fourth-order valence-electron chi connectivity index (χ4n) is 1.77. The van der Waals surface area contributed by atoms with Gasteiger partial charge in [0.05, 0.1) is 22.1 Å². The Kier molecular flexibility index (Phi) is 4.14. The molecule has 104 valence electrons. The molecule has 0 aliphatic carbocycles. The highest BCUT2D eigenvalue weighted by atomic mass is 35.5. The maximum Gasteiger partial charge on any atom is 0.492 e. The fraction of sp³-hybridized carbons (Fsp3) is 0.538. The Bertz CT molecular complexity index is 480. The summed E-state index contributed by atoms with van der Waals surface area (Å²) in [5, 5.41) is 9.54. The van der Waals surface area contributed by atoms with Gasteiger partial charge in [0.2, 0.25) is 0 Å². The van der Waals surface area contributed by atoms with Crippen LogP contribution in [0.5, 0.6) is 0 Å². The normalized spacial score (nSPS) is 22.0. The lowest BCUT2D eigenvalue weighted by Crippen LogP contribution is -2.41. The molecule has 19 heavy (non-hydrogen) atoms. The Labute approximate surface area is 123 Å². The third kappa shape index (κ3) is 3.06. The van der Waals surface area contributed by atoms with Gasteiger partial charge in [-0.05, 0) is 51.4 Å².